The number of hydrogen-bond donors (Lipinski definition) is 1. The van der Waals surface area contributed by atoms with Crippen molar-refractivity contribution in [2.24, 2.45) is 0 Å². The van der Waals surface area contributed by atoms with Crippen LogP contribution in [0.3, 0.4) is 0 Å². The molecule has 146 valence electrons. The third kappa shape index (κ3) is 19.4. The molecule has 0 aliphatic heterocycles. The van der Waals surface area contributed by atoms with E-state index in [1.165, 1.54) is 44.9 Å². The molecular weight excluding hydrogens is 347 g/mol. The smallest absolute Gasteiger partial charge is 0.748 e. The van der Waals surface area contributed by atoms with Crippen LogP contribution >= 0.6 is 0 Å². The molecule has 0 amide bonds. The van der Waals surface area contributed by atoms with Gasteiger partial charge < -0.3 is 9.66 Å². The van der Waals surface area contributed by atoms with E-state index in [4.69, 9.17) is 5.11 Å². The summed E-state index contributed by atoms with van der Waals surface area (Å²) in [6, 6.07) is 0. The molecule has 25 heavy (non-hydrogen) atoms. The molecule has 0 aromatic rings. The molecule has 6 heteroatoms. The second kappa shape index (κ2) is 18.2. The van der Waals surface area contributed by atoms with Crippen LogP contribution in [0.15, 0.2) is 0 Å². The van der Waals surface area contributed by atoms with E-state index in [9.17, 15) is 13.0 Å². The maximum Gasteiger partial charge on any atom is 1.00 e. The van der Waals surface area contributed by atoms with Crippen molar-refractivity contribution in [3.63, 3.8) is 0 Å². The SMILES string of the molecule is CCCC(CCCCCCCCCCCCCC(C)O)S(=O)(=O)[O-].[Na+]. The predicted octanol–water partition coefficient (Wildman–Crippen LogP) is 2.16. The van der Waals surface area contributed by atoms with E-state index in [1.807, 2.05) is 13.8 Å². The van der Waals surface area contributed by atoms with Gasteiger partial charge in [0.2, 0.25) is 0 Å². The molecule has 0 aromatic carbocycles. The molecule has 0 radical (unpaired) electrons. The molecule has 0 spiro atoms. The van der Waals surface area contributed by atoms with Gasteiger partial charge in [0.1, 0.15) is 0 Å². The van der Waals surface area contributed by atoms with Crippen molar-refractivity contribution >= 4 is 10.1 Å². The fraction of sp³-hybridized carbons (Fsp3) is 1.00. The Hall–Kier alpha value is 0.870. The normalized spacial score (nSPS) is 14.1. The van der Waals surface area contributed by atoms with Gasteiger partial charge in [-0.2, -0.15) is 0 Å². The van der Waals surface area contributed by atoms with E-state index in [0.29, 0.717) is 12.8 Å². The Balaban J connectivity index is 0. The molecule has 0 saturated carbocycles. The number of rotatable bonds is 17. The molecule has 0 heterocycles. The molecule has 0 aliphatic rings. The van der Waals surface area contributed by atoms with E-state index >= 15 is 0 Å². The van der Waals surface area contributed by atoms with Crippen LogP contribution in [0.1, 0.15) is 110 Å². The number of aliphatic hydroxyl groups is 1. The Kier molecular flexibility index (Phi) is 20.5. The van der Waals surface area contributed by atoms with Crippen LogP contribution in [0, 0.1) is 0 Å². The minimum Gasteiger partial charge on any atom is -0.748 e. The van der Waals surface area contributed by atoms with Crippen LogP contribution in [0.25, 0.3) is 0 Å². The summed E-state index contributed by atoms with van der Waals surface area (Å²) in [6.07, 6.45) is 15.6. The molecule has 0 aromatic heterocycles. The number of unbranched alkanes of at least 4 members (excludes halogenated alkanes) is 10. The van der Waals surface area contributed by atoms with Gasteiger partial charge in [-0.1, -0.05) is 84.0 Å². The minimum absolute atomic E-state index is 0. The number of aliphatic hydroxyl groups excluding tert-OH is 1. The summed E-state index contributed by atoms with van der Waals surface area (Å²) in [5.74, 6) is 0. The third-order valence-electron chi connectivity index (χ3n) is 4.67. The van der Waals surface area contributed by atoms with Crippen LogP contribution in [0.2, 0.25) is 0 Å². The molecule has 0 bridgehead atoms. The van der Waals surface area contributed by atoms with Gasteiger partial charge in [0.15, 0.2) is 0 Å². The van der Waals surface area contributed by atoms with Gasteiger partial charge in [-0.15, -0.1) is 0 Å². The zero-order valence-corrected chi connectivity index (χ0v) is 19.7. The Morgan fingerprint density at radius 1 is 0.760 bits per heavy atom. The van der Waals surface area contributed by atoms with Crippen molar-refractivity contribution in [3.05, 3.63) is 0 Å². The van der Waals surface area contributed by atoms with E-state index in [-0.39, 0.29) is 35.7 Å². The minimum atomic E-state index is -4.11. The Morgan fingerprint density at radius 3 is 1.44 bits per heavy atom. The molecule has 0 saturated heterocycles. The summed E-state index contributed by atoms with van der Waals surface area (Å²) in [7, 11) is -4.11. The van der Waals surface area contributed by atoms with Gasteiger partial charge in [0.05, 0.1) is 16.2 Å². The van der Waals surface area contributed by atoms with Crippen molar-refractivity contribution in [1.82, 2.24) is 0 Å². The van der Waals surface area contributed by atoms with E-state index in [2.05, 4.69) is 0 Å². The zero-order valence-electron chi connectivity index (χ0n) is 16.8. The molecule has 4 nitrogen and oxygen atoms in total. The fourth-order valence-corrected chi connectivity index (χ4v) is 4.14. The third-order valence-corrected chi connectivity index (χ3v) is 5.95. The summed E-state index contributed by atoms with van der Waals surface area (Å²) >= 11 is 0. The second-order valence-corrected chi connectivity index (χ2v) is 8.87. The van der Waals surface area contributed by atoms with Gasteiger partial charge in [-0.25, -0.2) is 8.42 Å². The van der Waals surface area contributed by atoms with E-state index < -0.39 is 15.4 Å². The Morgan fingerprint density at radius 2 is 1.12 bits per heavy atom. The van der Waals surface area contributed by atoms with E-state index in [0.717, 1.165) is 38.5 Å². The summed E-state index contributed by atoms with van der Waals surface area (Å²) in [5.41, 5.74) is 0. The first kappa shape index (κ1) is 28.1. The van der Waals surface area contributed by atoms with Crippen molar-refractivity contribution in [2.45, 2.75) is 122 Å². The maximum absolute atomic E-state index is 11.1. The second-order valence-electron chi connectivity index (χ2n) is 7.22. The molecule has 0 fully saturated rings. The zero-order chi connectivity index (χ0) is 18.3. The first-order chi connectivity index (χ1) is 11.4. The van der Waals surface area contributed by atoms with Crippen LogP contribution in [0.4, 0.5) is 0 Å². The topological polar surface area (TPSA) is 77.4 Å². The van der Waals surface area contributed by atoms with Gasteiger partial charge in [-0.05, 0) is 26.2 Å². The summed E-state index contributed by atoms with van der Waals surface area (Å²) < 4.78 is 33.4. The van der Waals surface area contributed by atoms with Gasteiger partial charge in [-0.3, -0.25) is 0 Å². The standard InChI is InChI=1S/C19H40O4S.Na/c1-3-15-19(24(21,22)23)17-14-12-10-8-6-4-5-7-9-11-13-16-18(2)20;/h18-20H,3-17H2,1-2H3,(H,21,22,23);/q;+1/p-1. The van der Waals surface area contributed by atoms with Crippen molar-refractivity contribution in [3.8, 4) is 0 Å². The summed E-state index contributed by atoms with van der Waals surface area (Å²) in [4.78, 5) is 0. The largest absolute Gasteiger partial charge is 1.00 e. The summed E-state index contributed by atoms with van der Waals surface area (Å²) in [6.45, 7) is 3.77. The van der Waals surface area contributed by atoms with Crippen LogP contribution < -0.4 is 29.6 Å². The molecular formula is C19H39NaO4S. The van der Waals surface area contributed by atoms with Crippen LogP contribution in [-0.2, 0) is 10.1 Å². The Bertz CT molecular complexity index is 372. The average Bonchev–Trinajstić information content (AvgIpc) is 2.49. The van der Waals surface area contributed by atoms with Crippen molar-refractivity contribution in [2.75, 3.05) is 0 Å². The molecule has 1 N–H and O–H groups in total. The molecule has 2 unspecified atom stereocenters. The van der Waals surface area contributed by atoms with Gasteiger partial charge in [0.25, 0.3) is 0 Å². The quantitative estimate of drug-likeness (QED) is 0.236. The van der Waals surface area contributed by atoms with Gasteiger partial charge in [0, 0.05) is 5.25 Å². The maximum atomic E-state index is 11.1. The monoisotopic (exact) mass is 386 g/mol. The fourth-order valence-electron chi connectivity index (χ4n) is 3.16. The average molecular weight is 387 g/mol. The number of hydrogen-bond acceptors (Lipinski definition) is 4. The first-order valence-electron chi connectivity index (χ1n) is 10.0. The van der Waals surface area contributed by atoms with Crippen molar-refractivity contribution in [1.29, 1.82) is 0 Å². The Labute approximate surface area is 178 Å². The van der Waals surface area contributed by atoms with E-state index in [1.54, 1.807) is 0 Å². The summed E-state index contributed by atoms with van der Waals surface area (Å²) in [5, 5.41) is 8.50. The van der Waals surface area contributed by atoms with Crippen LogP contribution in [-0.4, -0.2) is 29.4 Å². The predicted molar refractivity (Wildman–Crippen MR) is 100 cm³/mol. The molecule has 0 rings (SSSR count). The molecule has 2 atom stereocenters. The van der Waals surface area contributed by atoms with Crippen LogP contribution in [0.5, 0.6) is 0 Å². The van der Waals surface area contributed by atoms with Crippen molar-refractivity contribution < 1.29 is 47.6 Å². The molecule has 0 aliphatic carbocycles. The first-order valence-corrected chi connectivity index (χ1v) is 11.5. The van der Waals surface area contributed by atoms with Gasteiger partial charge >= 0.3 is 29.6 Å².